The van der Waals surface area contributed by atoms with Gasteiger partial charge < -0.3 is 19.3 Å². The summed E-state index contributed by atoms with van der Waals surface area (Å²) in [5.41, 5.74) is 5.22. The average Bonchev–Trinajstić information content (AvgIpc) is 3.43. The number of nitrogens with zero attached hydrogens (tertiary/aromatic N) is 3. The highest BCUT2D eigenvalue weighted by atomic mass is 35.5. The molecule has 0 aliphatic heterocycles. The van der Waals surface area contributed by atoms with Gasteiger partial charge in [0.15, 0.2) is 0 Å². The highest BCUT2D eigenvalue weighted by Crippen LogP contribution is 2.38. The molecule has 1 aliphatic rings. The van der Waals surface area contributed by atoms with Crippen LogP contribution in [0.5, 0.6) is 5.75 Å². The topological polar surface area (TPSA) is 84.7 Å². The van der Waals surface area contributed by atoms with Crippen LogP contribution in [0.25, 0.3) is 33.5 Å². The van der Waals surface area contributed by atoms with Crippen LogP contribution < -0.4 is 9.64 Å². The Morgan fingerprint density at radius 3 is 2.33 bits per heavy atom. The first-order valence-electron chi connectivity index (χ1n) is 16.0. The number of carbonyl (C=O) groups is 2. The molecule has 0 saturated heterocycles. The van der Waals surface area contributed by atoms with E-state index in [2.05, 4.69) is 4.57 Å². The summed E-state index contributed by atoms with van der Waals surface area (Å²) >= 11 is 6.15. The van der Waals surface area contributed by atoms with Gasteiger partial charge in [-0.05, 0) is 98.0 Å². The third-order valence-corrected chi connectivity index (χ3v) is 9.08. The number of halogens is 3. The van der Waals surface area contributed by atoms with Gasteiger partial charge in [-0.3, -0.25) is 4.79 Å². The van der Waals surface area contributed by atoms with E-state index in [1.165, 1.54) is 6.07 Å². The first kappa shape index (κ1) is 34.9. The van der Waals surface area contributed by atoms with Crippen LogP contribution in [0.1, 0.15) is 74.8 Å². The van der Waals surface area contributed by atoms with Crippen LogP contribution in [-0.2, 0) is 11.4 Å². The molecule has 0 unspecified atom stereocenters. The SMILES string of the molecule is CC(=O)N(c1ccc(-c2ccc(Cl)cc2)c(COc2ccc(-c3nc4cc(C(=O)O)ccc4n3C3CCCCC3)c(F)c2)c1)C(C)C.Cl. The summed E-state index contributed by atoms with van der Waals surface area (Å²) in [6.45, 7) is 5.60. The number of carboxylic acid groups (broad SMARTS) is 1. The molecule has 7 nitrogen and oxygen atoms in total. The number of hydrogen-bond acceptors (Lipinski definition) is 4. The van der Waals surface area contributed by atoms with Gasteiger partial charge in [0.2, 0.25) is 5.91 Å². The molecule has 5 aromatic rings. The summed E-state index contributed by atoms with van der Waals surface area (Å²) in [6, 6.07) is 23.1. The van der Waals surface area contributed by atoms with E-state index >= 15 is 4.39 Å². The van der Waals surface area contributed by atoms with Crippen LogP contribution >= 0.6 is 24.0 Å². The second-order valence-electron chi connectivity index (χ2n) is 12.4. The minimum atomic E-state index is -1.03. The van der Waals surface area contributed by atoms with E-state index in [4.69, 9.17) is 21.3 Å². The largest absolute Gasteiger partial charge is 0.489 e. The molecule has 1 aromatic heterocycles. The molecule has 0 atom stereocenters. The molecule has 10 heteroatoms. The molecule has 0 radical (unpaired) electrons. The zero-order chi connectivity index (χ0) is 33.2. The molecular formula is C38H38Cl2FN3O4. The molecule has 6 rings (SSSR count). The molecule has 1 aliphatic carbocycles. The Hall–Kier alpha value is -4.40. The Morgan fingerprint density at radius 2 is 1.69 bits per heavy atom. The van der Waals surface area contributed by atoms with E-state index in [1.807, 2.05) is 56.3 Å². The number of aromatic nitrogens is 2. The minimum Gasteiger partial charge on any atom is -0.489 e. The van der Waals surface area contributed by atoms with Crippen LogP contribution in [0.15, 0.2) is 78.9 Å². The number of aromatic carboxylic acids is 1. The number of amides is 1. The predicted molar refractivity (Wildman–Crippen MR) is 191 cm³/mol. The van der Waals surface area contributed by atoms with Gasteiger partial charge in [-0.1, -0.05) is 49.1 Å². The van der Waals surface area contributed by atoms with Crippen molar-refractivity contribution in [1.29, 1.82) is 0 Å². The van der Waals surface area contributed by atoms with Crippen molar-refractivity contribution < 1.29 is 23.8 Å². The number of carbonyl (C=O) groups excluding carboxylic acids is 1. The Labute approximate surface area is 290 Å². The standard InChI is InChI=1S/C38H37ClFN3O4.ClH/c1-23(2)42(24(3)44)30-14-16-32(25-9-12-28(39)13-10-25)27(19-30)22-47-31-15-17-33(34(40)21-31)37-41-35-20-26(38(45)46)11-18-36(35)43(37)29-7-5-4-6-8-29;/h9-21,23,29H,4-8,22H2,1-3H3,(H,45,46);1H. The summed E-state index contributed by atoms with van der Waals surface area (Å²) in [5.74, 6) is -0.755. The smallest absolute Gasteiger partial charge is 0.335 e. The van der Waals surface area contributed by atoms with E-state index in [1.54, 1.807) is 42.2 Å². The van der Waals surface area contributed by atoms with Crippen LogP contribution in [0, 0.1) is 5.82 Å². The number of fused-ring (bicyclic) bond motifs is 1. The molecule has 250 valence electrons. The number of imidazole rings is 1. The van der Waals surface area contributed by atoms with Gasteiger partial charge in [0.1, 0.15) is 24.0 Å². The van der Waals surface area contributed by atoms with Gasteiger partial charge in [0, 0.05) is 35.8 Å². The second-order valence-corrected chi connectivity index (χ2v) is 12.8. The quantitative estimate of drug-likeness (QED) is 0.166. The van der Waals surface area contributed by atoms with Crippen LogP contribution in [0.2, 0.25) is 5.02 Å². The van der Waals surface area contributed by atoms with Crippen LogP contribution in [-0.4, -0.2) is 32.6 Å². The number of carboxylic acids is 1. The monoisotopic (exact) mass is 689 g/mol. The molecule has 0 spiro atoms. The number of rotatable bonds is 9. The molecule has 48 heavy (non-hydrogen) atoms. The lowest BCUT2D eigenvalue weighted by Gasteiger charge is -2.27. The molecule has 4 aromatic carbocycles. The lowest BCUT2D eigenvalue weighted by Crippen LogP contribution is -2.35. The van der Waals surface area contributed by atoms with Gasteiger partial charge in [-0.2, -0.15) is 0 Å². The van der Waals surface area contributed by atoms with E-state index in [-0.39, 0.29) is 42.6 Å². The molecular weight excluding hydrogens is 652 g/mol. The van der Waals surface area contributed by atoms with Gasteiger partial charge in [-0.15, -0.1) is 12.4 Å². The van der Waals surface area contributed by atoms with Crippen molar-refractivity contribution >= 4 is 52.6 Å². The Morgan fingerprint density at radius 1 is 0.979 bits per heavy atom. The number of benzene rings is 4. The van der Waals surface area contributed by atoms with Crippen LogP contribution in [0.3, 0.4) is 0 Å². The maximum atomic E-state index is 16.0. The number of anilines is 1. The van der Waals surface area contributed by atoms with Gasteiger partial charge in [-0.25, -0.2) is 14.2 Å². The zero-order valence-electron chi connectivity index (χ0n) is 27.1. The van der Waals surface area contributed by atoms with E-state index in [0.29, 0.717) is 27.7 Å². The van der Waals surface area contributed by atoms with Gasteiger partial charge in [0.05, 0.1) is 22.2 Å². The average molecular weight is 691 g/mol. The summed E-state index contributed by atoms with van der Waals surface area (Å²) in [4.78, 5) is 30.6. The molecule has 1 heterocycles. The van der Waals surface area contributed by atoms with Crippen molar-refractivity contribution in [2.45, 2.75) is 71.6 Å². The number of hydrogen-bond donors (Lipinski definition) is 1. The van der Waals surface area contributed by atoms with E-state index in [0.717, 1.165) is 60.0 Å². The maximum absolute atomic E-state index is 16.0. The lowest BCUT2D eigenvalue weighted by atomic mass is 9.94. The first-order chi connectivity index (χ1) is 22.6. The molecule has 1 amide bonds. The van der Waals surface area contributed by atoms with Gasteiger partial charge in [0.25, 0.3) is 0 Å². The third-order valence-electron chi connectivity index (χ3n) is 8.83. The Balaban J connectivity index is 0.00000451. The highest BCUT2D eigenvalue weighted by Gasteiger charge is 2.25. The Kier molecular flexibility index (Phi) is 10.8. The van der Waals surface area contributed by atoms with E-state index < -0.39 is 11.8 Å². The molecule has 1 N–H and O–H groups in total. The Bertz CT molecular complexity index is 1950. The fraction of sp³-hybridized carbons (Fsp3) is 0.289. The van der Waals surface area contributed by atoms with Crippen molar-refractivity contribution in [3.05, 3.63) is 101 Å². The van der Waals surface area contributed by atoms with Crippen molar-refractivity contribution in [2.24, 2.45) is 0 Å². The van der Waals surface area contributed by atoms with Crippen molar-refractivity contribution in [2.75, 3.05) is 4.90 Å². The molecule has 1 saturated carbocycles. The molecule has 1 fully saturated rings. The second kappa shape index (κ2) is 14.8. The maximum Gasteiger partial charge on any atom is 0.335 e. The third kappa shape index (κ3) is 7.20. The van der Waals surface area contributed by atoms with Gasteiger partial charge >= 0.3 is 5.97 Å². The fourth-order valence-electron chi connectivity index (χ4n) is 6.66. The number of ether oxygens (including phenoxy) is 1. The van der Waals surface area contributed by atoms with Crippen molar-refractivity contribution in [3.8, 4) is 28.3 Å². The minimum absolute atomic E-state index is 0. The summed E-state index contributed by atoms with van der Waals surface area (Å²) < 4.78 is 24.3. The summed E-state index contributed by atoms with van der Waals surface area (Å²) in [7, 11) is 0. The fourth-order valence-corrected chi connectivity index (χ4v) is 6.79. The first-order valence-corrected chi connectivity index (χ1v) is 16.3. The summed E-state index contributed by atoms with van der Waals surface area (Å²) in [6.07, 6.45) is 5.22. The highest BCUT2D eigenvalue weighted by molar-refractivity contribution is 6.30. The van der Waals surface area contributed by atoms with E-state index in [9.17, 15) is 14.7 Å². The predicted octanol–water partition coefficient (Wildman–Crippen LogP) is 10.1. The van der Waals surface area contributed by atoms with Crippen molar-refractivity contribution in [1.82, 2.24) is 9.55 Å². The lowest BCUT2D eigenvalue weighted by molar-refractivity contribution is -0.116. The normalized spacial score (nSPS) is 13.4. The zero-order valence-corrected chi connectivity index (χ0v) is 28.7. The molecule has 0 bridgehead atoms. The van der Waals surface area contributed by atoms with Crippen molar-refractivity contribution in [3.63, 3.8) is 0 Å². The van der Waals surface area contributed by atoms with Crippen LogP contribution in [0.4, 0.5) is 10.1 Å². The summed E-state index contributed by atoms with van der Waals surface area (Å²) in [5, 5.41) is 10.2.